The third-order valence-corrected chi connectivity index (χ3v) is 3.59. The van der Waals surface area contributed by atoms with Crippen molar-refractivity contribution in [2.75, 3.05) is 11.9 Å². The summed E-state index contributed by atoms with van der Waals surface area (Å²) < 4.78 is 13.1. The van der Waals surface area contributed by atoms with Crippen LogP contribution in [0.5, 0.6) is 0 Å². The van der Waals surface area contributed by atoms with Crippen LogP contribution < -0.4 is 10.6 Å². The van der Waals surface area contributed by atoms with E-state index >= 15 is 0 Å². The number of anilines is 1. The maximum Gasteiger partial charge on any atom is 0.319 e. The highest BCUT2D eigenvalue weighted by atomic mass is 32.1. The highest BCUT2D eigenvalue weighted by molar-refractivity contribution is 7.09. The van der Waals surface area contributed by atoms with Crippen molar-refractivity contribution in [1.82, 2.24) is 5.32 Å². The molecular weight excluding hydrogens is 263 g/mol. The Balaban J connectivity index is 1.79. The molecular formula is C14H15FN2OS. The van der Waals surface area contributed by atoms with E-state index in [4.69, 9.17) is 0 Å². The number of aryl methyl sites for hydroxylation is 1. The zero-order chi connectivity index (χ0) is 13.7. The van der Waals surface area contributed by atoms with Gasteiger partial charge in [-0.15, -0.1) is 11.3 Å². The van der Waals surface area contributed by atoms with Crippen LogP contribution in [0.2, 0.25) is 0 Å². The van der Waals surface area contributed by atoms with Crippen LogP contribution in [0, 0.1) is 12.7 Å². The molecule has 3 nitrogen and oxygen atoms in total. The van der Waals surface area contributed by atoms with Gasteiger partial charge in [0.1, 0.15) is 5.82 Å². The van der Waals surface area contributed by atoms with Crippen LogP contribution in [0.3, 0.4) is 0 Å². The van der Waals surface area contributed by atoms with Gasteiger partial charge in [-0.05, 0) is 48.6 Å². The summed E-state index contributed by atoms with van der Waals surface area (Å²) in [6.07, 6.45) is 0.813. The molecule has 0 fully saturated rings. The van der Waals surface area contributed by atoms with Crippen LogP contribution in [-0.4, -0.2) is 12.6 Å². The van der Waals surface area contributed by atoms with Crippen molar-refractivity contribution in [2.24, 2.45) is 0 Å². The van der Waals surface area contributed by atoms with Crippen molar-refractivity contribution in [2.45, 2.75) is 13.3 Å². The van der Waals surface area contributed by atoms with Crippen LogP contribution in [0.15, 0.2) is 35.7 Å². The number of amides is 2. The van der Waals surface area contributed by atoms with E-state index in [9.17, 15) is 9.18 Å². The van der Waals surface area contributed by atoms with E-state index in [1.54, 1.807) is 30.4 Å². The zero-order valence-electron chi connectivity index (χ0n) is 10.6. The second-order valence-electron chi connectivity index (χ2n) is 4.17. The molecule has 1 aromatic heterocycles. The number of benzene rings is 1. The summed E-state index contributed by atoms with van der Waals surface area (Å²) in [5.74, 6) is -0.274. The lowest BCUT2D eigenvalue weighted by Gasteiger charge is -2.08. The Hall–Kier alpha value is -1.88. The van der Waals surface area contributed by atoms with Crippen LogP contribution in [-0.2, 0) is 6.42 Å². The Morgan fingerprint density at radius 3 is 2.89 bits per heavy atom. The minimum absolute atomic E-state index is 0.274. The predicted octanol–water partition coefficient (Wildman–Crippen LogP) is 3.56. The second-order valence-corrected chi connectivity index (χ2v) is 5.21. The summed E-state index contributed by atoms with van der Waals surface area (Å²) in [7, 11) is 0. The van der Waals surface area contributed by atoms with Gasteiger partial charge in [0.2, 0.25) is 0 Å². The molecule has 0 saturated carbocycles. The Morgan fingerprint density at radius 2 is 2.21 bits per heavy atom. The van der Waals surface area contributed by atoms with Crippen molar-refractivity contribution in [3.63, 3.8) is 0 Å². The van der Waals surface area contributed by atoms with Crippen molar-refractivity contribution in [3.05, 3.63) is 52.0 Å². The molecule has 2 aromatic rings. The predicted molar refractivity (Wildman–Crippen MR) is 76.2 cm³/mol. The van der Waals surface area contributed by atoms with Gasteiger partial charge in [-0.1, -0.05) is 6.07 Å². The quantitative estimate of drug-likeness (QED) is 0.882. The summed E-state index contributed by atoms with van der Waals surface area (Å²) in [4.78, 5) is 12.9. The Morgan fingerprint density at radius 1 is 1.37 bits per heavy atom. The first kappa shape index (κ1) is 13.5. The lowest BCUT2D eigenvalue weighted by atomic mass is 10.2. The van der Waals surface area contributed by atoms with Crippen molar-refractivity contribution in [3.8, 4) is 0 Å². The summed E-state index contributed by atoms with van der Waals surface area (Å²) in [5.41, 5.74) is 1.10. The molecule has 19 heavy (non-hydrogen) atoms. The monoisotopic (exact) mass is 278 g/mol. The average molecular weight is 278 g/mol. The van der Waals surface area contributed by atoms with E-state index in [1.807, 2.05) is 17.5 Å². The molecule has 0 radical (unpaired) electrons. The smallest absolute Gasteiger partial charge is 0.319 e. The lowest BCUT2D eigenvalue weighted by molar-refractivity contribution is 0.252. The van der Waals surface area contributed by atoms with Crippen molar-refractivity contribution < 1.29 is 9.18 Å². The molecule has 0 aliphatic rings. The molecule has 0 atom stereocenters. The van der Waals surface area contributed by atoms with E-state index in [-0.39, 0.29) is 11.8 Å². The number of thiophene rings is 1. The molecule has 0 unspecified atom stereocenters. The minimum atomic E-state index is -0.275. The molecule has 5 heteroatoms. The van der Waals surface area contributed by atoms with Gasteiger partial charge in [0.25, 0.3) is 0 Å². The molecule has 0 bridgehead atoms. The topological polar surface area (TPSA) is 41.1 Å². The first-order valence-corrected chi connectivity index (χ1v) is 6.86. The largest absolute Gasteiger partial charge is 0.338 e. The van der Waals surface area contributed by atoms with Crippen molar-refractivity contribution in [1.29, 1.82) is 0 Å². The molecule has 0 aliphatic carbocycles. The van der Waals surface area contributed by atoms with Gasteiger partial charge in [0.05, 0.1) is 0 Å². The fraction of sp³-hybridized carbons (Fsp3) is 0.214. The van der Waals surface area contributed by atoms with Gasteiger partial charge in [0.15, 0.2) is 0 Å². The van der Waals surface area contributed by atoms with Crippen LogP contribution >= 0.6 is 11.3 Å². The van der Waals surface area contributed by atoms with Crippen LogP contribution in [0.25, 0.3) is 0 Å². The van der Waals surface area contributed by atoms with Gasteiger partial charge >= 0.3 is 6.03 Å². The van der Waals surface area contributed by atoms with Gasteiger partial charge in [0, 0.05) is 17.1 Å². The van der Waals surface area contributed by atoms with Crippen LogP contribution in [0.1, 0.15) is 10.4 Å². The molecule has 100 valence electrons. The van der Waals surface area contributed by atoms with E-state index in [2.05, 4.69) is 10.6 Å². The zero-order valence-corrected chi connectivity index (χ0v) is 11.4. The number of carbonyl (C=O) groups excluding carboxylic acids is 1. The normalized spacial score (nSPS) is 10.2. The van der Waals surface area contributed by atoms with Crippen LogP contribution in [0.4, 0.5) is 14.9 Å². The summed E-state index contributed by atoms with van der Waals surface area (Å²) >= 11 is 1.67. The number of hydrogen-bond donors (Lipinski definition) is 2. The second kappa shape index (κ2) is 6.33. The highest BCUT2D eigenvalue weighted by Gasteiger charge is 2.03. The molecule has 2 amide bonds. The summed E-state index contributed by atoms with van der Waals surface area (Å²) in [6, 6.07) is 8.24. The number of urea groups is 1. The first-order chi connectivity index (χ1) is 9.15. The fourth-order valence-corrected chi connectivity index (χ4v) is 2.36. The van der Waals surface area contributed by atoms with Gasteiger partial charge in [-0.25, -0.2) is 9.18 Å². The van der Waals surface area contributed by atoms with Gasteiger partial charge < -0.3 is 10.6 Å². The average Bonchev–Trinajstić information content (AvgIpc) is 2.87. The number of carbonyl (C=O) groups is 1. The molecule has 1 heterocycles. The SMILES string of the molecule is Cc1cc(NC(=O)NCCc2cccs2)ccc1F. The Kier molecular flexibility index (Phi) is 4.52. The number of nitrogens with one attached hydrogen (secondary N) is 2. The third-order valence-electron chi connectivity index (χ3n) is 2.65. The Bertz CT molecular complexity index is 555. The first-order valence-electron chi connectivity index (χ1n) is 5.98. The molecule has 0 aliphatic heterocycles. The number of hydrogen-bond acceptors (Lipinski definition) is 2. The lowest BCUT2D eigenvalue weighted by Crippen LogP contribution is -2.30. The number of rotatable bonds is 4. The molecule has 2 N–H and O–H groups in total. The van der Waals surface area contributed by atoms with E-state index < -0.39 is 0 Å². The summed E-state index contributed by atoms with van der Waals surface area (Å²) in [6.45, 7) is 2.24. The number of halogens is 1. The van der Waals surface area contributed by atoms with Crippen molar-refractivity contribution >= 4 is 23.1 Å². The maximum absolute atomic E-state index is 13.1. The molecule has 1 aromatic carbocycles. The maximum atomic E-state index is 13.1. The standard InChI is InChI=1S/C14H15FN2OS/c1-10-9-11(4-5-13(10)15)17-14(18)16-7-6-12-3-2-8-19-12/h2-5,8-9H,6-7H2,1H3,(H2,16,17,18). The van der Waals surface area contributed by atoms with Gasteiger partial charge in [-0.3, -0.25) is 0 Å². The Labute approximate surface area is 115 Å². The molecule has 0 spiro atoms. The highest BCUT2D eigenvalue weighted by Crippen LogP contribution is 2.13. The third kappa shape index (κ3) is 4.06. The minimum Gasteiger partial charge on any atom is -0.338 e. The summed E-state index contributed by atoms with van der Waals surface area (Å²) in [5, 5.41) is 7.45. The fourth-order valence-electron chi connectivity index (χ4n) is 1.65. The van der Waals surface area contributed by atoms with E-state index in [1.165, 1.54) is 10.9 Å². The van der Waals surface area contributed by atoms with E-state index in [0.29, 0.717) is 17.8 Å². The molecule has 0 saturated heterocycles. The van der Waals surface area contributed by atoms with E-state index in [0.717, 1.165) is 6.42 Å². The molecule has 2 rings (SSSR count). The van der Waals surface area contributed by atoms with Gasteiger partial charge in [-0.2, -0.15) is 0 Å².